The predicted molar refractivity (Wildman–Crippen MR) is 108 cm³/mol. The molecule has 0 bridgehead atoms. The van der Waals surface area contributed by atoms with Gasteiger partial charge in [-0.05, 0) is 19.3 Å². The van der Waals surface area contributed by atoms with Crippen LogP contribution in [0.5, 0.6) is 0 Å². The second-order valence-electron chi connectivity index (χ2n) is 7.00. The predicted octanol–water partition coefficient (Wildman–Crippen LogP) is 7.03. The Morgan fingerprint density at radius 2 is 1.43 bits per heavy atom. The summed E-state index contributed by atoms with van der Waals surface area (Å²) in [5, 5.41) is 0. The maximum atomic E-state index is 5.98. The summed E-state index contributed by atoms with van der Waals surface area (Å²) in [6, 6.07) is 0. The van der Waals surface area contributed by atoms with Gasteiger partial charge in [-0.1, -0.05) is 100 Å². The van der Waals surface area contributed by atoms with E-state index in [1.807, 2.05) is 0 Å². The molecule has 0 saturated carbocycles. The number of hydrogen-bond donors (Lipinski definition) is 0. The number of unbranched alkanes of at least 4 members (excludes halogenated alkanes) is 10. The Kier molecular flexibility index (Phi) is 15.2. The first-order valence-corrected chi connectivity index (χ1v) is 11.7. The van der Waals surface area contributed by atoms with E-state index in [2.05, 4.69) is 29.5 Å². The standard InChI is InChI=1S/C20H39IO2/c1-2-3-4-5-6-7-8-9-10-11-12-14-19-15-16-20(23-19)22-18-13-17-21/h19-20H,2-18H2,1H3. The summed E-state index contributed by atoms with van der Waals surface area (Å²) in [6.45, 7) is 3.15. The van der Waals surface area contributed by atoms with Gasteiger partial charge in [0.25, 0.3) is 0 Å². The number of rotatable bonds is 16. The minimum atomic E-state index is 0.0932. The van der Waals surface area contributed by atoms with Crippen LogP contribution in [-0.4, -0.2) is 23.4 Å². The second-order valence-corrected chi connectivity index (χ2v) is 8.08. The van der Waals surface area contributed by atoms with Gasteiger partial charge in [0.15, 0.2) is 6.29 Å². The van der Waals surface area contributed by atoms with Crippen LogP contribution in [0.3, 0.4) is 0 Å². The van der Waals surface area contributed by atoms with Crippen LogP contribution >= 0.6 is 22.6 Å². The van der Waals surface area contributed by atoms with Crippen molar-refractivity contribution in [3.05, 3.63) is 0 Å². The molecule has 0 aromatic rings. The molecule has 0 aromatic carbocycles. The fourth-order valence-corrected chi connectivity index (χ4v) is 3.62. The normalized spacial score (nSPS) is 21.1. The van der Waals surface area contributed by atoms with Crippen LogP contribution in [0.1, 0.15) is 103 Å². The quantitative estimate of drug-likeness (QED) is 0.146. The number of alkyl halides is 1. The lowest BCUT2D eigenvalue weighted by molar-refractivity contribution is -0.134. The lowest BCUT2D eigenvalue weighted by atomic mass is 10.0. The van der Waals surface area contributed by atoms with Crippen molar-refractivity contribution < 1.29 is 9.47 Å². The van der Waals surface area contributed by atoms with Crippen molar-refractivity contribution in [3.63, 3.8) is 0 Å². The summed E-state index contributed by atoms with van der Waals surface area (Å²) in [4.78, 5) is 0. The van der Waals surface area contributed by atoms with Gasteiger partial charge in [-0.25, -0.2) is 0 Å². The zero-order chi connectivity index (χ0) is 16.6. The summed E-state index contributed by atoms with van der Waals surface area (Å²) >= 11 is 2.40. The number of ether oxygens (including phenoxy) is 2. The molecule has 2 unspecified atom stereocenters. The minimum absolute atomic E-state index is 0.0932. The molecule has 1 aliphatic rings. The molecule has 1 heterocycles. The first-order chi connectivity index (χ1) is 11.4. The van der Waals surface area contributed by atoms with Gasteiger partial charge in [0, 0.05) is 10.8 Å². The maximum absolute atomic E-state index is 5.98. The summed E-state index contributed by atoms with van der Waals surface area (Å²) in [7, 11) is 0. The molecule has 0 spiro atoms. The van der Waals surface area contributed by atoms with Crippen LogP contribution in [0.25, 0.3) is 0 Å². The molecule has 0 aliphatic carbocycles. The molecule has 1 saturated heterocycles. The third kappa shape index (κ3) is 12.6. The minimum Gasteiger partial charge on any atom is -0.353 e. The summed E-state index contributed by atoms with van der Waals surface area (Å²) < 4.78 is 12.9. The fraction of sp³-hybridized carbons (Fsp3) is 1.00. The Morgan fingerprint density at radius 1 is 0.826 bits per heavy atom. The molecule has 138 valence electrons. The highest BCUT2D eigenvalue weighted by Gasteiger charge is 2.24. The number of hydrogen-bond acceptors (Lipinski definition) is 2. The van der Waals surface area contributed by atoms with E-state index in [4.69, 9.17) is 9.47 Å². The molecule has 1 rings (SSSR count). The third-order valence-corrected chi connectivity index (χ3v) is 5.54. The highest BCUT2D eigenvalue weighted by molar-refractivity contribution is 14.1. The van der Waals surface area contributed by atoms with Crippen molar-refractivity contribution in [2.24, 2.45) is 0 Å². The lowest BCUT2D eigenvalue weighted by Crippen LogP contribution is -2.15. The van der Waals surface area contributed by atoms with Crippen molar-refractivity contribution in [2.75, 3.05) is 11.0 Å². The molecule has 23 heavy (non-hydrogen) atoms. The molecule has 0 N–H and O–H groups in total. The van der Waals surface area contributed by atoms with E-state index < -0.39 is 0 Å². The second kappa shape index (κ2) is 16.1. The van der Waals surface area contributed by atoms with Gasteiger partial charge in [-0.2, -0.15) is 0 Å². The molecule has 0 amide bonds. The first-order valence-electron chi connectivity index (χ1n) is 10.2. The monoisotopic (exact) mass is 438 g/mol. The Labute approximate surface area is 158 Å². The molecule has 2 atom stereocenters. The largest absolute Gasteiger partial charge is 0.353 e. The van der Waals surface area contributed by atoms with Crippen molar-refractivity contribution in [1.29, 1.82) is 0 Å². The van der Waals surface area contributed by atoms with Gasteiger partial charge in [-0.3, -0.25) is 0 Å². The SMILES string of the molecule is CCCCCCCCCCCCCC1CCC(OCCCI)O1. The summed E-state index contributed by atoms with van der Waals surface area (Å²) in [5.41, 5.74) is 0. The van der Waals surface area contributed by atoms with E-state index in [9.17, 15) is 0 Å². The zero-order valence-corrected chi connectivity index (χ0v) is 17.5. The van der Waals surface area contributed by atoms with E-state index in [0.717, 1.165) is 19.4 Å². The topological polar surface area (TPSA) is 18.5 Å². The van der Waals surface area contributed by atoms with Gasteiger partial charge in [0.1, 0.15) is 0 Å². The highest BCUT2D eigenvalue weighted by atomic mass is 127. The van der Waals surface area contributed by atoms with Crippen molar-refractivity contribution >= 4 is 22.6 Å². The van der Waals surface area contributed by atoms with E-state index in [1.54, 1.807) is 0 Å². The van der Waals surface area contributed by atoms with Crippen LogP contribution in [0.15, 0.2) is 0 Å². The third-order valence-electron chi connectivity index (χ3n) is 4.78. The summed E-state index contributed by atoms with van der Waals surface area (Å²) in [5.74, 6) is 0. The highest BCUT2D eigenvalue weighted by Crippen LogP contribution is 2.25. The van der Waals surface area contributed by atoms with Crippen LogP contribution < -0.4 is 0 Å². The Bertz CT molecular complexity index is 248. The van der Waals surface area contributed by atoms with Crippen LogP contribution in [0, 0.1) is 0 Å². The van der Waals surface area contributed by atoms with E-state index in [-0.39, 0.29) is 6.29 Å². The van der Waals surface area contributed by atoms with Gasteiger partial charge in [0.05, 0.1) is 12.7 Å². The van der Waals surface area contributed by atoms with Crippen molar-refractivity contribution in [3.8, 4) is 0 Å². The van der Waals surface area contributed by atoms with Crippen LogP contribution in [0.4, 0.5) is 0 Å². The fourth-order valence-electron chi connectivity index (χ4n) is 3.31. The molecule has 1 fully saturated rings. The molecule has 3 heteroatoms. The van der Waals surface area contributed by atoms with E-state index in [1.165, 1.54) is 87.9 Å². The van der Waals surface area contributed by atoms with Crippen LogP contribution in [0.2, 0.25) is 0 Å². The van der Waals surface area contributed by atoms with Gasteiger partial charge in [-0.15, -0.1) is 0 Å². The average Bonchev–Trinajstić information content (AvgIpc) is 3.01. The molecule has 2 nitrogen and oxygen atoms in total. The van der Waals surface area contributed by atoms with Gasteiger partial charge < -0.3 is 9.47 Å². The molecular weight excluding hydrogens is 399 g/mol. The maximum Gasteiger partial charge on any atom is 0.158 e. The summed E-state index contributed by atoms with van der Waals surface area (Å²) in [6.07, 6.45) is 20.8. The average molecular weight is 438 g/mol. The lowest BCUT2D eigenvalue weighted by Gasteiger charge is -2.14. The smallest absolute Gasteiger partial charge is 0.158 e. The molecular formula is C20H39IO2. The van der Waals surface area contributed by atoms with Gasteiger partial charge >= 0.3 is 0 Å². The number of halogens is 1. The van der Waals surface area contributed by atoms with E-state index in [0.29, 0.717) is 6.10 Å². The molecule has 0 radical (unpaired) electrons. The van der Waals surface area contributed by atoms with Crippen LogP contribution in [-0.2, 0) is 9.47 Å². The van der Waals surface area contributed by atoms with E-state index >= 15 is 0 Å². The Morgan fingerprint density at radius 3 is 2.04 bits per heavy atom. The zero-order valence-electron chi connectivity index (χ0n) is 15.4. The Hall–Kier alpha value is 0.650. The van der Waals surface area contributed by atoms with Crippen molar-refractivity contribution in [1.82, 2.24) is 0 Å². The van der Waals surface area contributed by atoms with Gasteiger partial charge in [0.2, 0.25) is 0 Å². The van der Waals surface area contributed by atoms with Crippen molar-refractivity contribution in [2.45, 2.75) is 116 Å². The molecule has 1 aliphatic heterocycles. The molecule has 0 aromatic heterocycles. The first kappa shape index (κ1) is 21.7. The Balaban J connectivity index is 1.79.